The Labute approximate surface area is 136 Å². The van der Waals surface area contributed by atoms with Gasteiger partial charge in [-0.2, -0.15) is 0 Å². The zero-order valence-electron chi connectivity index (χ0n) is 12.5. The zero-order chi connectivity index (χ0) is 13.9. The van der Waals surface area contributed by atoms with Crippen LogP contribution in [0.2, 0.25) is 0 Å². The average molecular weight is 330 g/mol. The summed E-state index contributed by atoms with van der Waals surface area (Å²) in [7, 11) is 0. The number of hydrogen-bond acceptors (Lipinski definition) is 4. The van der Waals surface area contributed by atoms with Gasteiger partial charge in [0, 0.05) is 10.8 Å². The number of fused-ring (bicyclic) bond motifs is 1. The maximum atomic E-state index is 12.2. The molecule has 21 heavy (non-hydrogen) atoms. The van der Waals surface area contributed by atoms with Gasteiger partial charge >= 0.3 is 0 Å². The molecule has 1 aromatic heterocycles. The normalized spacial score (nSPS) is 22.2. The maximum Gasteiger partial charge on any atom is 0.229 e. The van der Waals surface area contributed by atoms with Crippen LogP contribution in [0.4, 0.5) is 5.13 Å². The summed E-state index contributed by atoms with van der Waals surface area (Å²) in [5.41, 5.74) is 1.22. The Morgan fingerprint density at radius 1 is 1.38 bits per heavy atom. The van der Waals surface area contributed by atoms with Gasteiger partial charge in [0.15, 0.2) is 5.13 Å². The Balaban J connectivity index is 0.00000161. The van der Waals surface area contributed by atoms with Crippen LogP contribution in [0.1, 0.15) is 43.2 Å². The van der Waals surface area contributed by atoms with Crippen molar-refractivity contribution in [3.63, 3.8) is 0 Å². The van der Waals surface area contributed by atoms with Gasteiger partial charge in [0.1, 0.15) is 0 Å². The number of nitrogens with zero attached hydrogens (tertiary/aromatic N) is 1. The number of carbonyl (C=O) groups excluding carboxylic acids is 1. The summed E-state index contributed by atoms with van der Waals surface area (Å²) in [6.07, 6.45) is 6.59. The van der Waals surface area contributed by atoms with Crippen molar-refractivity contribution in [1.29, 1.82) is 0 Å². The molecule has 0 aromatic carbocycles. The monoisotopic (exact) mass is 329 g/mol. The molecule has 0 spiro atoms. The van der Waals surface area contributed by atoms with E-state index in [0.29, 0.717) is 0 Å². The van der Waals surface area contributed by atoms with E-state index in [1.807, 2.05) is 0 Å². The molecule has 2 N–H and O–H groups in total. The Morgan fingerprint density at radius 3 is 2.86 bits per heavy atom. The number of hydrogen-bond donors (Lipinski definition) is 2. The summed E-state index contributed by atoms with van der Waals surface area (Å²) in [5, 5.41) is 7.15. The predicted octanol–water partition coefficient (Wildman–Crippen LogP) is 3.02. The maximum absolute atomic E-state index is 12.2. The average Bonchev–Trinajstić information content (AvgIpc) is 2.89. The summed E-state index contributed by atoms with van der Waals surface area (Å²) in [6, 6.07) is 0. The second-order valence-corrected chi connectivity index (χ2v) is 7.00. The molecule has 2 aliphatic rings. The zero-order valence-corrected chi connectivity index (χ0v) is 14.1. The molecule has 1 saturated heterocycles. The van der Waals surface area contributed by atoms with E-state index >= 15 is 0 Å². The predicted molar refractivity (Wildman–Crippen MR) is 89.4 cm³/mol. The Kier molecular flexibility index (Phi) is 6.02. The molecule has 118 valence electrons. The topological polar surface area (TPSA) is 54.0 Å². The van der Waals surface area contributed by atoms with Crippen LogP contribution in [0.15, 0.2) is 0 Å². The summed E-state index contributed by atoms with van der Waals surface area (Å²) in [5.74, 6) is 1.11. The van der Waals surface area contributed by atoms with E-state index in [1.165, 1.54) is 23.4 Å². The van der Waals surface area contributed by atoms with E-state index in [9.17, 15) is 4.79 Å². The molecule has 4 nitrogen and oxygen atoms in total. The number of thiazole rings is 1. The molecule has 1 aliphatic heterocycles. The molecule has 0 bridgehead atoms. The number of aromatic nitrogens is 1. The second kappa shape index (κ2) is 7.56. The van der Waals surface area contributed by atoms with Crippen molar-refractivity contribution in [2.24, 2.45) is 11.8 Å². The van der Waals surface area contributed by atoms with E-state index in [1.54, 1.807) is 11.3 Å². The van der Waals surface area contributed by atoms with Crippen molar-refractivity contribution in [2.45, 2.75) is 45.4 Å². The molecular weight excluding hydrogens is 306 g/mol. The van der Waals surface area contributed by atoms with Gasteiger partial charge in [-0.15, -0.1) is 23.7 Å². The molecule has 0 radical (unpaired) electrons. The highest BCUT2D eigenvalue weighted by molar-refractivity contribution is 7.15. The minimum atomic E-state index is 0. The molecule has 0 saturated carbocycles. The Bertz CT molecular complexity index is 485. The third-order valence-electron chi connectivity index (χ3n) is 4.56. The van der Waals surface area contributed by atoms with Gasteiger partial charge in [0.05, 0.1) is 5.69 Å². The second-order valence-electron chi connectivity index (χ2n) is 5.92. The van der Waals surface area contributed by atoms with Gasteiger partial charge in [-0.3, -0.25) is 4.79 Å². The van der Waals surface area contributed by atoms with Gasteiger partial charge in [-0.05, 0) is 51.1 Å². The van der Waals surface area contributed by atoms with Crippen molar-refractivity contribution in [2.75, 3.05) is 18.4 Å². The van der Waals surface area contributed by atoms with Crippen LogP contribution in [0.5, 0.6) is 0 Å². The molecular formula is C15H24ClN3OS. The van der Waals surface area contributed by atoms with Crippen LogP contribution in [-0.2, 0) is 17.6 Å². The number of nitrogens with one attached hydrogen (secondary N) is 2. The first-order valence-electron chi connectivity index (χ1n) is 7.76. The van der Waals surface area contributed by atoms with Gasteiger partial charge in [-0.1, -0.05) is 13.3 Å². The molecule has 1 aliphatic carbocycles. The van der Waals surface area contributed by atoms with E-state index in [2.05, 4.69) is 22.5 Å². The van der Waals surface area contributed by atoms with Crippen LogP contribution in [-0.4, -0.2) is 24.0 Å². The van der Waals surface area contributed by atoms with Gasteiger partial charge in [0.2, 0.25) is 5.91 Å². The molecule has 2 heterocycles. The van der Waals surface area contributed by atoms with Gasteiger partial charge in [0.25, 0.3) is 0 Å². The Hall–Kier alpha value is -0.650. The van der Waals surface area contributed by atoms with Gasteiger partial charge in [-0.25, -0.2) is 4.98 Å². The van der Waals surface area contributed by atoms with Crippen molar-refractivity contribution < 1.29 is 4.79 Å². The largest absolute Gasteiger partial charge is 0.317 e. The van der Waals surface area contributed by atoms with Crippen molar-refractivity contribution in [1.82, 2.24) is 10.3 Å². The number of halogens is 1. The first kappa shape index (κ1) is 16.7. The smallest absolute Gasteiger partial charge is 0.229 e. The van der Waals surface area contributed by atoms with Crippen LogP contribution >= 0.6 is 23.7 Å². The molecule has 1 unspecified atom stereocenters. The third-order valence-corrected chi connectivity index (χ3v) is 5.59. The number of aryl methyl sites for hydroxylation is 1. The number of anilines is 1. The molecule has 1 atom stereocenters. The molecule has 1 fully saturated rings. The minimum absolute atomic E-state index is 0. The van der Waals surface area contributed by atoms with Crippen molar-refractivity contribution in [3.05, 3.63) is 10.6 Å². The highest BCUT2D eigenvalue weighted by Crippen LogP contribution is 2.33. The third kappa shape index (κ3) is 3.96. The molecule has 1 amide bonds. The van der Waals surface area contributed by atoms with Crippen LogP contribution in [0, 0.1) is 11.8 Å². The number of carbonyl (C=O) groups is 1. The summed E-state index contributed by atoms with van der Waals surface area (Å²) in [4.78, 5) is 18.2. The van der Waals surface area contributed by atoms with E-state index in [4.69, 9.17) is 0 Å². The highest BCUT2D eigenvalue weighted by atomic mass is 35.5. The van der Waals surface area contributed by atoms with Crippen LogP contribution in [0.25, 0.3) is 0 Å². The lowest BCUT2D eigenvalue weighted by molar-refractivity contribution is -0.120. The molecule has 6 heteroatoms. The number of rotatable bonds is 3. The van der Waals surface area contributed by atoms with E-state index < -0.39 is 0 Å². The molecule has 3 rings (SSSR count). The fourth-order valence-electron chi connectivity index (χ4n) is 3.14. The first-order valence-corrected chi connectivity index (χ1v) is 8.58. The Morgan fingerprint density at radius 2 is 2.14 bits per heavy atom. The standard InChI is InChI=1S/C15H23N3OS.ClH/c1-2-10-3-4-12-13(9-10)20-15(17-12)18-14(19)11-5-7-16-8-6-11;/h10-11,16H,2-9H2,1H3,(H,17,18,19);1H. The van der Waals surface area contributed by atoms with Crippen LogP contribution in [0.3, 0.4) is 0 Å². The quantitative estimate of drug-likeness (QED) is 0.896. The van der Waals surface area contributed by atoms with E-state index in [-0.39, 0.29) is 24.2 Å². The SMILES string of the molecule is CCC1CCc2nc(NC(=O)C3CCNCC3)sc2C1.Cl. The first-order chi connectivity index (χ1) is 9.76. The minimum Gasteiger partial charge on any atom is -0.317 e. The van der Waals surface area contributed by atoms with Crippen LogP contribution < -0.4 is 10.6 Å². The fourth-order valence-corrected chi connectivity index (χ4v) is 4.26. The summed E-state index contributed by atoms with van der Waals surface area (Å²) < 4.78 is 0. The number of piperidine rings is 1. The lowest BCUT2D eigenvalue weighted by Crippen LogP contribution is -2.34. The van der Waals surface area contributed by atoms with Crippen molar-refractivity contribution in [3.8, 4) is 0 Å². The lowest BCUT2D eigenvalue weighted by Gasteiger charge is -2.20. The summed E-state index contributed by atoms with van der Waals surface area (Å²) in [6.45, 7) is 4.16. The fraction of sp³-hybridized carbons (Fsp3) is 0.733. The molecule has 1 aromatic rings. The van der Waals surface area contributed by atoms with Gasteiger partial charge < -0.3 is 10.6 Å². The highest BCUT2D eigenvalue weighted by Gasteiger charge is 2.24. The van der Waals surface area contributed by atoms with Crippen molar-refractivity contribution >= 4 is 34.8 Å². The summed E-state index contributed by atoms with van der Waals surface area (Å²) >= 11 is 1.69. The van der Waals surface area contributed by atoms with E-state index in [0.717, 1.165) is 49.8 Å². The lowest BCUT2D eigenvalue weighted by atomic mass is 9.89. The number of amides is 1.